The maximum Gasteiger partial charge on any atom is 0.247 e. The van der Waals surface area contributed by atoms with E-state index in [4.69, 9.17) is 22.9 Å². The summed E-state index contributed by atoms with van der Waals surface area (Å²) in [5, 5.41) is 12.6. The minimum atomic E-state index is -4.06. The summed E-state index contributed by atoms with van der Waals surface area (Å²) in [5.41, 5.74) is 22.1. The van der Waals surface area contributed by atoms with Crippen LogP contribution in [0, 0.1) is 5.92 Å². The summed E-state index contributed by atoms with van der Waals surface area (Å²) in [5.74, 6) is -6.80. The number of rotatable bonds is 26. The number of sulfonamides is 1. The second kappa shape index (κ2) is 24.6. The molecule has 14 N–H and O–H groups in total. The molecule has 0 heterocycles. The van der Waals surface area contributed by atoms with Gasteiger partial charge in [0.05, 0.1) is 12.3 Å². The van der Waals surface area contributed by atoms with E-state index in [1.54, 1.807) is 74.5 Å². The number of hydrogen-bond donors (Lipinski definition) is 10. The smallest absolute Gasteiger partial charge is 0.247 e. The quantitative estimate of drug-likeness (QED) is 0.0285. The molecule has 0 aliphatic heterocycles. The first-order chi connectivity index (χ1) is 27.8. The predicted molar refractivity (Wildman–Crippen MR) is 219 cm³/mol. The lowest BCUT2D eigenvalue weighted by Crippen LogP contribution is -2.58. The van der Waals surface area contributed by atoms with Crippen LogP contribution in [-0.2, 0) is 49.3 Å². The Labute approximate surface area is 343 Å². The van der Waals surface area contributed by atoms with Gasteiger partial charge < -0.3 is 49.5 Å². The lowest BCUT2D eigenvalue weighted by Gasteiger charge is -2.28. The summed E-state index contributed by atoms with van der Waals surface area (Å²) in [6, 6.07) is 9.68. The molecule has 324 valence electrons. The van der Waals surface area contributed by atoms with Gasteiger partial charge in [-0.05, 0) is 49.7 Å². The van der Waals surface area contributed by atoms with Gasteiger partial charge >= 0.3 is 0 Å². The zero-order valence-electron chi connectivity index (χ0n) is 33.4. The first-order valence-corrected chi connectivity index (χ1v) is 20.7. The molecule has 21 heteroatoms. The molecule has 0 aromatic heterocycles. The number of unbranched alkanes of at least 4 members (excludes halogenated alkanes) is 1. The van der Waals surface area contributed by atoms with E-state index in [2.05, 4.69) is 36.3 Å². The number of guanidine groups is 1. The van der Waals surface area contributed by atoms with Crippen molar-refractivity contribution in [3.63, 3.8) is 0 Å². The van der Waals surface area contributed by atoms with Crippen molar-refractivity contribution in [3.8, 4) is 0 Å². The Bertz CT molecular complexity index is 1880. The predicted octanol–water partition coefficient (Wildman–Crippen LogP) is -1.84. The number of nitrogens with two attached hydrogens (primary N) is 4. The van der Waals surface area contributed by atoms with E-state index < -0.39 is 99.8 Å². The van der Waals surface area contributed by atoms with Crippen molar-refractivity contribution >= 4 is 57.3 Å². The molecule has 0 aliphatic carbocycles. The van der Waals surface area contributed by atoms with Gasteiger partial charge in [-0.25, -0.2) is 13.1 Å². The van der Waals surface area contributed by atoms with E-state index in [1.807, 2.05) is 0 Å². The minimum Gasteiger partial charge on any atom is -0.370 e. The van der Waals surface area contributed by atoms with Crippen molar-refractivity contribution in [2.75, 3.05) is 13.1 Å². The maximum atomic E-state index is 14.0. The van der Waals surface area contributed by atoms with Crippen LogP contribution in [0.4, 0.5) is 0 Å². The fourth-order valence-corrected chi connectivity index (χ4v) is 7.04. The highest BCUT2D eigenvalue weighted by atomic mass is 32.2. The van der Waals surface area contributed by atoms with Crippen LogP contribution in [0.3, 0.4) is 0 Å². The summed E-state index contributed by atoms with van der Waals surface area (Å²) in [4.78, 5) is 94.8. The second-order valence-corrected chi connectivity index (χ2v) is 15.7. The monoisotopic (exact) mass is 843 g/mol. The molecule has 0 bridgehead atoms. The SMILES string of the molecule is CCC(C)[C@@H](NS(=O)(=O)Cc1ccccc1)C(=O)N[C@@H](CCC(N)=O)C(=O)N[C@@H](CCCCN=C(N)N)C(=O)N[C@H](C(=O)N[C@@H](C)C(=O)NCC(N)=O)c1ccccc1. The number of hydrogen-bond acceptors (Lipinski definition) is 10. The third kappa shape index (κ3) is 18.4. The Morgan fingerprint density at radius 2 is 1.25 bits per heavy atom. The first kappa shape index (κ1) is 49.1. The van der Waals surface area contributed by atoms with E-state index in [1.165, 1.54) is 6.92 Å². The van der Waals surface area contributed by atoms with Gasteiger partial charge in [-0.3, -0.25) is 38.6 Å². The normalized spacial score (nSPS) is 14.2. The molecule has 2 aromatic carbocycles. The summed E-state index contributed by atoms with van der Waals surface area (Å²) < 4.78 is 28.8. The molecule has 59 heavy (non-hydrogen) atoms. The van der Waals surface area contributed by atoms with Gasteiger partial charge in [0.15, 0.2) is 5.96 Å². The first-order valence-electron chi connectivity index (χ1n) is 19.0. The van der Waals surface area contributed by atoms with Gasteiger partial charge in [0, 0.05) is 13.0 Å². The molecule has 2 aromatic rings. The molecule has 1 unspecified atom stereocenters. The Hall–Kier alpha value is -6.09. The number of nitrogens with one attached hydrogen (secondary N) is 6. The van der Waals surface area contributed by atoms with Crippen molar-refractivity contribution in [1.82, 2.24) is 31.3 Å². The van der Waals surface area contributed by atoms with E-state index >= 15 is 0 Å². The average molecular weight is 844 g/mol. The highest BCUT2D eigenvalue weighted by Gasteiger charge is 2.34. The molecule has 6 atom stereocenters. The zero-order valence-corrected chi connectivity index (χ0v) is 34.3. The number of carbonyl (C=O) groups is 7. The zero-order chi connectivity index (χ0) is 44.1. The molecule has 0 radical (unpaired) electrons. The Kier molecular flexibility index (Phi) is 20.5. The number of amides is 7. The van der Waals surface area contributed by atoms with E-state index in [9.17, 15) is 42.0 Å². The van der Waals surface area contributed by atoms with Crippen molar-refractivity contribution in [2.24, 2.45) is 33.8 Å². The van der Waals surface area contributed by atoms with Gasteiger partial charge in [0.25, 0.3) is 0 Å². The van der Waals surface area contributed by atoms with Crippen LogP contribution in [0.25, 0.3) is 0 Å². The molecular weight excluding hydrogens is 787 g/mol. The van der Waals surface area contributed by atoms with Crippen molar-refractivity contribution in [1.29, 1.82) is 0 Å². The number of carbonyl (C=O) groups excluding carboxylic acids is 7. The number of benzene rings is 2. The van der Waals surface area contributed by atoms with Gasteiger partial charge in [0.1, 0.15) is 30.2 Å². The lowest BCUT2D eigenvalue weighted by atomic mass is 9.98. The van der Waals surface area contributed by atoms with Crippen molar-refractivity contribution in [2.45, 2.75) is 95.3 Å². The Balaban J connectivity index is 2.41. The maximum absolute atomic E-state index is 14.0. The summed E-state index contributed by atoms with van der Waals surface area (Å²) in [7, 11) is -4.06. The molecule has 0 spiro atoms. The second-order valence-electron chi connectivity index (χ2n) is 13.9. The Morgan fingerprint density at radius 3 is 1.83 bits per heavy atom. The largest absolute Gasteiger partial charge is 0.370 e. The molecule has 0 saturated heterocycles. The molecular formula is C38H57N11O9S. The van der Waals surface area contributed by atoms with E-state index in [0.29, 0.717) is 24.0 Å². The van der Waals surface area contributed by atoms with Crippen LogP contribution in [0.5, 0.6) is 0 Å². The van der Waals surface area contributed by atoms with Gasteiger partial charge in [-0.2, -0.15) is 0 Å². The van der Waals surface area contributed by atoms with Crippen molar-refractivity contribution in [3.05, 3.63) is 71.8 Å². The standard InChI is InChI=1S/C38H57N11O9S/c1-4-23(2)31(49-59(57,58)22-25-13-7-5-8-14-25)36(55)47-28(18-19-29(39)50)34(53)46-27(17-11-12-20-43-38(41)42)35(54)48-32(26-15-9-6-10-16-26)37(56)45-24(3)33(52)44-21-30(40)51/h5-10,13-16,23-24,27-28,31-32,49H,4,11-12,17-22H2,1-3H3,(H2,39,50)(H2,40,51)(H,44,52)(H,45,56)(H,46,53)(H,47,55)(H,48,54)(H4,41,42,43)/t23?,24-,27-,28-,31+,32-/m0/s1. The summed E-state index contributed by atoms with van der Waals surface area (Å²) >= 11 is 0. The fourth-order valence-electron chi connectivity index (χ4n) is 5.60. The number of nitrogens with zero attached hydrogens (tertiary/aromatic N) is 1. The number of primary amides is 2. The Morgan fingerprint density at radius 1 is 0.678 bits per heavy atom. The fraction of sp³-hybridized carbons (Fsp3) is 0.474. The van der Waals surface area contributed by atoms with Gasteiger partial charge in [-0.15, -0.1) is 0 Å². The average Bonchev–Trinajstić information content (AvgIpc) is 3.18. The molecule has 20 nitrogen and oxygen atoms in total. The highest BCUT2D eigenvalue weighted by Crippen LogP contribution is 2.16. The van der Waals surface area contributed by atoms with Gasteiger partial charge in [-0.1, -0.05) is 80.9 Å². The van der Waals surface area contributed by atoms with E-state index in [0.717, 1.165) is 0 Å². The molecule has 2 rings (SSSR count). The van der Waals surface area contributed by atoms with Crippen LogP contribution in [0.2, 0.25) is 0 Å². The topological polar surface area (TPSA) is 342 Å². The highest BCUT2D eigenvalue weighted by molar-refractivity contribution is 7.88. The van der Waals surface area contributed by atoms with Crippen LogP contribution in [-0.4, -0.2) is 93.0 Å². The third-order valence-electron chi connectivity index (χ3n) is 9.01. The van der Waals surface area contributed by atoms with Crippen molar-refractivity contribution < 1.29 is 42.0 Å². The molecule has 0 aliphatic rings. The number of aliphatic imine (C=N–C) groups is 1. The van der Waals surface area contributed by atoms with Crippen LogP contribution >= 0.6 is 0 Å². The van der Waals surface area contributed by atoms with E-state index in [-0.39, 0.29) is 38.2 Å². The summed E-state index contributed by atoms with van der Waals surface area (Å²) in [6.45, 7) is 4.50. The van der Waals surface area contributed by atoms with Crippen LogP contribution in [0.1, 0.15) is 76.5 Å². The molecule has 0 saturated carbocycles. The lowest BCUT2D eigenvalue weighted by molar-refractivity contribution is -0.135. The molecule has 0 fully saturated rings. The third-order valence-corrected chi connectivity index (χ3v) is 10.3. The minimum absolute atomic E-state index is 0.0160. The van der Waals surface area contributed by atoms with Crippen LogP contribution < -0.4 is 54.2 Å². The van der Waals surface area contributed by atoms with Crippen LogP contribution in [0.15, 0.2) is 65.7 Å². The summed E-state index contributed by atoms with van der Waals surface area (Å²) in [6.07, 6.45) is 0.353. The van der Waals surface area contributed by atoms with Gasteiger partial charge in [0.2, 0.25) is 51.4 Å². The molecule has 7 amide bonds.